The van der Waals surface area contributed by atoms with Crippen molar-refractivity contribution in [3.63, 3.8) is 0 Å². The first-order chi connectivity index (χ1) is 15.3. The van der Waals surface area contributed by atoms with Gasteiger partial charge in [-0.15, -0.1) is 5.10 Å². The number of nitrogens with zero attached hydrogens (tertiary/aromatic N) is 6. The van der Waals surface area contributed by atoms with Gasteiger partial charge in [-0.25, -0.2) is 9.37 Å². The monoisotopic (exact) mass is 416 g/mol. The highest BCUT2D eigenvalue weighted by Crippen LogP contribution is 2.32. The summed E-state index contributed by atoms with van der Waals surface area (Å²) in [5.41, 5.74) is 2.45. The van der Waals surface area contributed by atoms with Crippen LogP contribution in [-0.4, -0.2) is 56.9 Å². The molecule has 0 radical (unpaired) electrons. The van der Waals surface area contributed by atoms with E-state index >= 15 is 0 Å². The first-order valence-corrected chi connectivity index (χ1v) is 11.2. The molecule has 6 nitrogen and oxygen atoms in total. The summed E-state index contributed by atoms with van der Waals surface area (Å²) in [6.07, 6.45) is 4.96. The number of fused-ring (bicyclic) bond motifs is 3. The average molecular weight is 417 g/mol. The van der Waals surface area contributed by atoms with E-state index in [4.69, 9.17) is 4.98 Å². The van der Waals surface area contributed by atoms with E-state index in [0.29, 0.717) is 22.9 Å². The molecule has 2 aromatic carbocycles. The van der Waals surface area contributed by atoms with Crippen molar-refractivity contribution in [2.45, 2.75) is 31.7 Å². The molecular formula is C24H25FN6. The Morgan fingerprint density at radius 2 is 1.61 bits per heavy atom. The fourth-order valence-corrected chi connectivity index (χ4v) is 5.17. The molecule has 0 saturated carbocycles. The molecule has 7 heteroatoms. The summed E-state index contributed by atoms with van der Waals surface area (Å²) < 4.78 is 16.3. The fraction of sp³-hybridized carbons (Fsp3) is 0.375. The number of hydrogen-bond acceptors (Lipinski definition) is 5. The molecule has 0 bridgehead atoms. The van der Waals surface area contributed by atoms with Crippen LogP contribution < -0.4 is 4.90 Å². The molecule has 0 N–H and O–H groups in total. The third kappa shape index (κ3) is 3.15. The van der Waals surface area contributed by atoms with Crippen LogP contribution in [0.4, 0.5) is 10.2 Å². The zero-order valence-corrected chi connectivity index (χ0v) is 17.4. The lowest BCUT2D eigenvalue weighted by molar-refractivity contribution is 0.208. The topological polar surface area (TPSA) is 49.6 Å². The van der Waals surface area contributed by atoms with Gasteiger partial charge in [-0.1, -0.05) is 29.5 Å². The van der Waals surface area contributed by atoms with Gasteiger partial charge in [0, 0.05) is 30.1 Å². The van der Waals surface area contributed by atoms with E-state index in [-0.39, 0.29) is 5.82 Å². The van der Waals surface area contributed by atoms with Gasteiger partial charge in [0.2, 0.25) is 0 Å². The first-order valence-electron chi connectivity index (χ1n) is 11.2. The van der Waals surface area contributed by atoms with Gasteiger partial charge in [0.15, 0.2) is 5.65 Å². The van der Waals surface area contributed by atoms with Crippen LogP contribution in [0.1, 0.15) is 25.7 Å². The van der Waals surface area contributed by atoms with Gasteiger partial charge >= 0.3 is 0 Å². The normalized spacial score (nSPS) is 18.4. The van der Waals surface area contributed by atoms with Crippen molar-refractivity contribution in [2.24, 2.45) is 0 Å². The molecule has 4 heterocycles. The van der Waals surface area contributed by atoms with Crippen LogP contribution in [0.2, 0.25) is 0 Å². The van der Waals surface area contributed by atoms with Crippen LogP contribution in [0.25, 0.3) is 27.8 Å². The molecular weight excluding hydrogens is 391 g/mol. The Hall–Kier alpha value is -3.06. The molecule has 2 aliphatic heterocycles. The maximum Gasteiger partial charge on any atom is 0.186 e. The first kappa shape index (κ1) is 18.7. The maximum absolute atomic E-state index is 14.5. The maximum atomic E-state index is 14.5. The number of piperidine rings is 1. The number of anilines is 1. The van der Waals surface area contributed by atoms with E-state index in [2.05, 4.69) is 26.2 Å². The summed E-state index contributed by atoms with van der Waals surface area (Å²) in [4.78, 5) is 10.0. The number of benzene rings is 2. The van der Waals surface area contributed by atoms with Crippen molar-refractivity contribution < 1.29 is 4.39 Å². The highest BCUT2D eigenvalue weighted by molar-refractivity contribution is 5.93. The Balaban J connectivity index is 1.43. The highest BCUT2D eigenvalue weighted by Gasteiger charge is 2.28. The van der Waals surface area contributed by atoms with Crippen molar-refractivity contribution >= 4 is 22.4 Å². The minimum atomic E-state index is -0.312. The van der Waals surface area contributed by atoms with Crippen LogP contribution in [0.15, 0.2) is 48.5 Å². The van der Waals surface area contributed by atoms with Gasteiger partial charge in [-0.2, -0.15) is 4.52 Å². The van der Waals surface area contributed by atoms with E-state index < -0.39 is 0 Å². The Morgan fingerprint density at radius 3 is 2.42 bits per heavy atom. The van der Waals surface area contributed by atoms with E-state index in [9.17, 15) is 4.39 Å². The van der Waals surface area contributed by atoms with Crippen LogP contribution in [-0.2, 0) is 0 Å². The van der Waals surface area contributed by atoms with E-state index in [1.807, 2.05) is 24.3 Å². The fourth-order valence-electron chi connectivity index (χ4n) is 5.17. The number of rotatable bonds is 3. The number of aromatic nitrogens is 4. The molecule has 0 amide bonds. The molecule has 0 spiro atoms. The molecule has 2 aliphatic rings. The molecule has 4 aromatic rings. The summed E-state index contributed by atoms with van der Waals surface area (Å²) >= 11 is 0. The van der Waals surface area contributed by atoms with Gasteiger partial charge in [-0.05, 0) is 63.0 Å². The predicted molar refractivity (Wildman–Crippen MR) is 120 cm³/mol. The Labute approximate surface area is 180 Å². The van der Waals surface area contributed by atoms with Gasteiger partial charge in [0.05, 0.1) is 5.52 Å². The summed E-state index contributed by atoms with van der Waals surface area (Å²) in [6.45, 7) is 4.44. The summed E-state index contributed by atoms with van der Waals surface area (Å²) in [7, 11) is 0. The van der Waals surface area contributed by atoms with Gasteiger partial charge in [-0.3, -0.25) is 0 Å². The van der Waals surface area contributed by atoms with Gasteiger partial charge < -0.3 is 9.80 Å². The van der Waals surface area contributed by atoms with Gasteiger partial charge in [0.1, 0.15) is 17.3 Å². The molecule has 2 aromatic heterocycles. The minimum Gasteiger partial charge on any atom is -0.356 e. The third-order valence-electron chi connectivity index (χ3n) is 6.78. The quantitative estimate of drug-likeness (QED) is 0.502. The van der Waals surface area contributed by atoms with E-state index in [1.165, 1.54) is 32.0 Å². The second-order valence-corrected chi connectivity index (χ2v) is 8.57. The minimum absolute atomic E-state index is 0.312. The molecule has 0 unspecified atom stereocenters. The largest absolute Gasteiger partial charge is 0.356 e. The van der Waals surface area contributed by atoms with Crippen LogP contribution in [0.5, 0.6) is 0 Å². The summed E-state index contributed by atoms with van der Waals surface area (Å²) in [6, 6.07) is 15.5. The Bertz CT molecular complexity index is 1240. The lowest BCUT2D eigenvalue weighted by Gasteiger charge is -2.37. The van der Waals surface area contributed by atoms with Crippen LogP contribution in [0.3, 0.4) is 0 Å². The molecule has 0 aliphatic carbocycles. The zero-order valence-electron chi connectivity index (χ0n) is 17.4. The second-order valence-electron chi connectivity index (χ2n) is 8.57. The summed E-state index contributed by atoms with van der Waals surface area (Å²) in [5, 5.41) is 9.69. The van der Waals surface area contributed by atoms with Crippen LogP contribution >= 0.6 is 0 Å². The molecule has 6 rings (SSSR count). The van der Waals surface area contributed by atoms with Gasteiger partial charge in [0.25, 0.3) is 0 Å². The number of halogens is 1. The third-order valence-corrected chi connectivity index (χ3v) is 6.78. The standard InChI is InChI=1S/C24H25FN6/c25-20-9-3-1-7-18(20)22-24-26-23(19-8-2-4-10-21(19)31(24)28-27-22)30-15-11-17(12-16-30)29-13-5-6-14-29/h1-4,7-10,17H,5-6,11-16H2. The SMILES string of the molecule is Fc1ccccc1-c1nnn2c1nc(N1CCC(N3CCCC3)CC1)c1ccccc12. The molecule has 2 fully saturated rings. The van der Waals surface area contributed by atoms with Crippen LogP contribution in [0, 0.1) is 5.82 Å². The lowest BCUT2D eigenvalue weighted by Crippen LogP contribution is -2.44. The van der Waals surface area contributed by atoms with Crippen molar-refractivity contribution in [3.8, 4) is 11.3 Å². The molecule has 0 atom stereocenters. The number of para-hydroxylation sites is 1. The number of hydrogen-bond donors (Lipinski definition) is 0. The molecule has 2 saturated heterocycles. The smallest absolute Gasteiger partial charge is 0.186 e. The van der Waals surface area contributed by atoms with E-state index in [0.717, 1.165) is 42.7 Å². The summed E-state index contributed by atoms with van der Waals surface area (Å²) in [5.74, 6) is 0.635. The molecule has 158 valence electrons. The molecule has 31 heavy (non-hydrogen) atoms. The van der Waals surface area contributed by atoms with Crippen molar-refractivity contribution in [1.29, 1.82) is 0 Å². The average Bonchev–Trinajstić information content (AvgIpc) is 3.50. The van der Waals surface area contributed by atoms with Crippen molar-refractivity contribution in [1.82, 2.24) is 24.7 Å². The van der Waals surface area contributed by atoms with Crippen molar-refractivity contribution in [2.75, 3.05) is 31.1 Å². The zero-order chi connectivity index (χ0) is 20.8. The van der Waals surface area contributed by atoms with Crippen molar-refractivity contribution in [3.05, 3.63) is 54.3 Å². The Morgan fingerprint density at radius 1 is 0.871 bits per heavy atom. The van der Waals surface area contributed by atoms with E-state index in [1.54, 1.807) is 16.6 Å². The number of likely N-dealkylation sites (tertiary alicyclic amines) is 1. The lowest BCUT2D eigenvalue weighted by atomic mass is 10.0. The Kier molecular flexibility index (Phi) is 4.56. The second kappa shape index (κ2) is 7.57. The predicted octanol–water partition coefficient (Wildman–Crippen LogP) is 4.15. The highest BCUT2D eigenvalue weighted by atomic mass is 19.1.